The van der Waals surface area contributed by atoms with Gasteiger partial charge in [-0.3, -0.25) is 4.79 Å². The van der Waals surface area contributed by atoms with E-state index in [4.69, 9.17) is 0 Å². The Bertz CT molecular complexity index is 567. The fourth-order valence-electron chi connectivity index (χ4n) is 1.66. The van der Waals surface area contributed by atoms with Crippen LogP contribution in [0.1, 0.15) is 27.7 Å². The van der Waals surface area contributed by atoms with Crippen molar-refractivity contribution in [2.75, 3.05) is 0 Å². The first-order valence-corrected chi connectivity index (χ1v) is 8.54. The Morgan fingerprint density at radius 2 is 1.68 bits per heavy atom. The van der Waals surface area contributed by atoms with Crippen LogP contribution in [-0.4, -0.2) is 24.7 Å². The molecule has 19 heavy (non-hydrogen) atoms. The highest BCUT2D eigenvalue weighted by Crippen LogP contribution is 2.24. The van der Waals surface area contributed by atoms with Gasteiger partial charge in [-0.15, -0.1) is 0 Å². The van der Waals surface area contributed by atoms with E-state index in [9.17, 15) is 13.2 Å². The molecule has 6 heteroatoms. The third-order valence-electron chi connectivity index (χ3n) is 2.55. The second kappa shape index (κ2) is 6.21. The summed E-state index contributed by atoms with van der Waals surface area (Å²) in [5, 5.41) is 0. The lowest BCUT2D eigenvalue weighted by atomic mass is 10.2. The minimum atomic E-state index is -3.80. The first-order valence-electron chi connectivity index (χ1n) is 6.02. The molecule has 1 aromatic rings. The summed E-state index contributed by atoms with van der Waals surface area (Å²) in [5.41, 5.74) is 0. The van der Waals surface area contributed by atoms with E-state index in [1.165, 1.54) is 6.07 Å². The van der Waals surface area contributed by atoms with Crippen LogP contribution in [0.3, 0.4) is 0 Å². The van der Waals surface area contributed by atoms with Gasteiger partial charge in [0.1, 0.15) is 4.90 Å². The number of rotatable bonds is 4. The standard InChI is InChI=1S/C13H18INO3S/c1-9(2)13(16)15(10(3)4)19(17,18)12-8-6-5-7-11(12)14/h5-10H,1-4H3. The Balaban J connectivity index is 3.38. The van der Waals surface area contributed by atoms with Crippen LogP contribution in [0.2, 0.25) is 0 Å². The molecule has 0 unspecified atom stereocenters. The average molecular weight is 395 g/mol. The van der Waals surface area contributed by atoms with Crippen LogP contribution < -0.4 is 0 Å². The van der Waals surface area contributed by atoms with Gasteiger partial charge >= 0.3 is 0 Å². The highest BCUT2D eigenvalue weighted by molar-refractivity contribution is 14.1. The lowest BCUT2D eigenvalue weighted by Gasteiger charge is -2.28. The first kappa shape index (κ1) is 16.4. The molecular weight excluding hydrogens is 377 g/mol. The molecule has 0 radical (unpaired) electrons. The fraction of sp³-hybridized carbons (Fsp3) is 0.462. The van der Waals surface area contributed by atoms with Crippen molar-refractivity contribution in [3.8, 4) is 0 Å². The molecular formula is C13H18INO3S. The number of nitrogens with zero attached hydrogens (tertiary/aromatic N) is 1. The van der Waals surface area contributed by atoms with Crippen LogP contribution in [-0.2, 0) is 14.8 Å². The molecule has 106 valence electrons. The highest BCUT2D eigenvalue weighted by atomic mass is 127. The maximum absolute atomic E-state index is 12.6. The normalized spacial score (nSPS) is 11.9. The van der Waals surface area contributed by atoms with Crippen molar-refractivity contribution in [2.45, 2.75) is 38.6 Å². The van der Waals surface area contributed by atoms with E-state index < -0.39 is 16.1 Å². The van der Waals surface area contributed by atoms with E-state index in [-0.39, 0.29) is 16.7 Å². The van der Waals surface area contributed by atoms with Crippen LogP contribution in [0.4, 0.5) is 0 Å². The number of halogens is 1. The smallest absolute Gasteiger partial charge is 0.267 e. The fourth-order valence-corrected chi connectivity index (χ4v) is 4.67. The number of benzene rings is 1. The Labute approximate surface area is 128 Å². The second-order valence-electron chi connectivity index (χ2n) is 4.82. The monoisotopic (exact) mass is 395 g/mol. The molecule has 1 amide bonds. The van der Waals surface area contributed by atoms with Crippen molar-refractivity contribution < 1.29 is 13.2 Å². The van der Waals surface area contributed by atoms with Crippen molar-refractivity contribution in [3.05, 3.63) is 27.8 Å². The van der Waals surface area contributed by atoms with Gasteiger partial charge in [-0.05, 0) is 48.6 Å². The third kappa shape index (κ3) is 3.47. The maximum Gasteiger partial charge on any atom is 0.267 e. The molecule has 4 nitrogen and oxygen atoms in total. The molecule has 1 aromatic carbocycles. The highest BCUT2D eigenvalue weighted by Gasteiger charge is 2.33. The van der Waals surface area contributed by atoms with Crippen LogP contribution >= 0.6 is 22.6 Å². The van der Waals surface area contributed by atoms with E-state index in [1.807, 2.05) is 22.6 Å². The molecule has 0 aliphatic heterocycles. The minimum absolute atomic E-state index is 0.179. The van der Waals surface area contributed by atoms with Gasteiger partial charge < -0.3 is 0 Å². The predicted molar refractivity (Wildman–Crippen MR) is 83.2 cm³/mol. The van der Waals surface area contributed by atoms with Crippen LogP contribution in [0.25, 0.3) is 0 Å². The molecule has 0 fully saturated rings. The van der Waals surface area contributed by atoms with Gasteiger partial charge in [0.05, 0.1) is 0 Å². The number of carbonyl (C=O) groups excluding carboxylic acids is 1. The molecule has 0 aliphatic rings. The third-order valence-corrected chi connectivity index (χ3v) is 5.89. The van der Waals surface area contributed by atoms with Crippen molar-refractivity contribution in [3.63, 3.8) is 0 Å². The number of hydrogen-bond donors (Lipinski definition) is 0. The largest absolute Gasteiger partial charge is 0.274 e. The van der Waals surface area contributed by atoms with E-state index in [0.29, 0.717) is 3.57 Å². The SMILES string of the molecule is CC(C)C(=O)N(C(C)C)S(=O)(=O)c1ccccc1I. The number of carbonyl (C=O) groups is 1. The molecule has 0 spiro atoms. The Morgan fingerprint density at radius 1 is 1.16 bits per heavy atom. The Hall–Kier alpha value is -0.630. The lowest BCUT2D eigenvalue weighted by molar-refractivity contribution is -0.130. The summed E-state index contributed by atoms with van der Waals surface area (Å²) in [5.74, 6) is -0.742. The summed E-state index contributed by atoms with van der Waals surface area (Å²) >= 11 is 1.97. The van der Waals surface area contributed by atoms with Crippen molar-refractivity contribution >= 4 is 38.5 Å². The number of sulfonamides is 1. The van der Waals surface area contributed by atoms with Crippen molar-refractivity contribution in [1.29, 1.82) is 0 Å². The second-order valence-corrected chi connectivity index (χ2v) is 7.76. The molecule has 0 bridgehead atoms. The summed E-state index contributed by atoms with van der Waals surface area (Å²) in [6.45, 7) is 6.80. The van der Waals surface area contributed by atoms with Gasteiger partial charge in [0.2, 0.25) is 5.91 Å². The number of hydrogen-bond acceptors (Lipinski definition) is 3. The first-order chi connectivity index (χ1) is 8.69. The van der Waals surface area contributed by atoms with Crippen molar-refractivity contribution in [1.82, 2.24) is 4.31 Å². The molecule has 0 aliphatic carbocycles. The molecule has 1 rings (SSSR count). The van der Waals surface area contributed by atoms with Crippen molar-refractivity contribution in [2.24, 2.45) is 5.92 Å². The lowest BCUT2D eigenvalue weighted by Crippen LogP contribution is -2.44. The van der Waals surface area contributed by atoms with Gasteiger partial charge in [-0.2, -0.15) is 0 Å². The average Bonchev–Trinajstić information content (AvgIpc) is 2.28. The van der Waals surface area contributed by atoms with E-state index in [1.54, 1.807) is 45.9 Å². The molecule has 0 N–H and O–H groups in total. The zero-order valence-corrected chi connectivity index (χ0v) is 14.4. The van der Waals surface area contributed by atoms with E-state index in [2.05, 4.69) is 0 Å². The van der Waals surface area contributed by atoms with Gasteiger partial charge in [0.15, 0.2) is 0 Å². The summed E-state index contributed by atoms with van der Waals surface area (Å²) in [4.78, 5) is 12.3. The zero-order chi connectivity index (χ0) is 14.8. The maximum atomic E-state index is 12.6. The predicted octanol–water partition coefficient (Wildman–Crippen LogP) is 2.87. The zero-order valence-electron chi connectivity index (χ0n) is 11.4. The topological polar surface area (TPSA) is 54.5 Å². The van der Waals surface area contributed by atoms with Crippen LogP contribution in [0, 0.1) is 9.49 Å². The van der Waals surface area contributed by atoms with Gasteiger partial charge in [-0.1, -0.05) is 26.0 Å². The summed E-state index contributed by atoms with van der Waals surface area (Å²) in [6, 6.07) is 6.26. The van der Waals surface area contributed by atoms with Gasteiger partial charge in [-0.25, -0.2) is 12.7 Å². The Morgan fingerprint density at radius 3 is 2.11 bits per heavy atom. The quantitative estimate of drug-likeness (QED) is 0.737. The summed E-state index contributed by atoms with van der Waals surface area (Å²) in [6.07, 6.45) is 0. The van der Waals surface area contributed by atoms with Crippen LogP contribution in [0.5, 0.6) is 0 Å². The van der Waals surface area contributed by atoms with Crippen LogP contribution in [0.15, 0.2) is 29.2 Å². The summed E-state index contributed by atoms with van der Waals surface area (Å²) < 4.78 is 26.9. The van der Waals surface area contributed by atoms with Gasteiger partial charge in [0.25, 0.3) is 10.0 Å². The Kier molecular flexibility index (Phi) is 5.37. The molecule has 0 aromatic heterocycles. The van der Waals surface area contributed by atoms with Gasteiger partial charge in [0, 0.05) is 15.5 Å². The van der Waals surface area contributed by atoms with E-state index in [0.717, 1.165) is 4.31 Å². The van der Waals surface area contributed by atoms with E-state index >= 15 is 0 Å². The molecule has 0 saturated heterocycles. The number of amides is 1. The minimum Gasteiger partial charge on any atom is -0.274 e. The molecule has 0 atom stereocenters. The molecule has 0 saturated carbocycles. The molecule has 0 heterocycles. The summed E-state index contributed by atoms with van der Waals surface area (Å²) in [7, 11) is -3.80.